The highest BCUT2D eigenvalue weighted by Crippen LogP contribution is 2.35. The lowest BCUT2D eigenvalue weighted by Gasteiger charge is -2.37. The van der Waals surface area contributed by atoms with Gasteiger partial charge in [0.2, 0.25) is 0 Å². The van der Waals surface area contributed by atoms with E-state index >= 15 is 0 Å². The molecule has 1 aromatic rings. The second kappa shape index (κ2) is 9.34. The van der Waals surface area contributed by atoms with Crippen LogP contribution in [-0.2, 0) is 14.3 Å². The Kier molecular flexibility index (Phi) is 7.02. The van der Waals surface area contributed by atoms with Crippen molar-refractivity contribution in [2.45, 2.75) is 60.5 Å². The summed E-state index contributed by atoms with van der Waals surface area (Å²) >= 11 is 0. The molecule has 0 aromatic heterocycles. The Morgan fingerprint density at radius 3 is 2.30 bits per heavy atom. The van der Waals surface area contributed by atoms with Gasteiger partial charge in [0.25, 0.3) is 11.8 Å². The van der Waals surface area contributed by atoms with Crippen LogP contribution in [0.1, 0.15) is 57.2 Å². The minimum atomic E-state index is -0.173. The first kappa shape index (κ1) is 22.5. The summed E-state index contributed by atoms with van der Waals surface area (Å²) in [6, 6.07) is 6.05. The number of imide groups is 1. The first-order valence-corrected chi connectivity index (χ1v) is 11.2. The highest BCUT2D eigenvalue weighted by Gasteiger charge is 2.42. The van der Waals surface area contributed by atoms with Crippen molar-refractivity contribution in [3.8, 4) is 0 Å². The number of piperidine rings is 1. The van der Waals surface area contributed by atoms with Gasteiger partial charge in [-0.2, -0.15) is 0 Å². The van der Waals surface area contributed by atoms with Crippen molar-refractivity contribution >= 4 is 17.4 Å². The van der Waals surface area contributed by atoms with Crippen LogP contribution < -0.4 is 0 Å². The highest BCUT2D eigenvalue weighted by atomic mass is 16.5. The molecule has 30 heavy (non-hydrogen) atoms. The van der Waals surface area contributed by atoms with E-state index in [1.807, 2.05) is 39.0 Å². The third kappa shape index (κ3) is 4.77. The zero-order valence-corrected chi connectivity index (χ0v) is 19.3. The van der Waals surface area contributed by atoms with Crippen LogP contribution in [0.2, 0.25) is 0 Å². The van der Waals surface area contributed by atoms with Gasteiger partial charge in [-0.15, -0.1) is 0 Å². The van der Waals surface area contributed by atoms with Crippen LogP contribution in [0.4, 0.5) is 0 Å². The van der Waals surface area contributed by atoms with Gasteiger partial charge < -0.3 is 9.64 Å². The largest absolute Gasteiger partial charge is 0.379 e. The van der Waals surface area contributed by atoms with E-state index in [1.165, 1.54) is 10.5 Å². The van der Waals surface area contributed by atoms with Crippen LogP contribution in [0.25, 0.3) is 5.57 Å². The fourth-order valence-electron chi connectivity index (χ4n) is 4.60. The van der Waals surface area contributed by atoms with Gasteiger partial charge in [-0.05, 0) is 69.1 Å². The van der Waals surface area contributed by atoms with Gasteiger partial charge >= 0.3 is 0 Å². The third-order valence-electron chi connectivity index (χ3n) is 6.10. The zero-order chi connectivity index (χ0) is 22.0. The van der Waals surface area contributed by atoms with Crippen molar-refractivity contribution in [1.82, 2.24) is 9.80 Å². The van der Waals surface area contributed by atoms with Crippen molar-refractivity contribution in [3.05, 3.63) is 40.6 Å². The molecule has 2 aliphatic heterocycles. The van der Waals surface area contributed by atoms with Crippen molar-refractivity contribution in [2.24, 2.45) is 11.8 Å². The molecule has 3 rings (SSSR count). The molecule has 2 unspecified atom stereocenters. The molecule has 0 radical (unpaired) electrons. The van der Waals surface area contributed by atoms with Gasteiger partial charge in [-0.3, -0.25) is 14.5 Å². The number of likely N-dealkylation sites (tertiary alicyclic amines) is 1. The summed E-state index contributed by atoms with van der Waals surface area (Å²) in [4.78, 5) is 30.5. The van der Waals surface area contributed by atoms with Gasteiger partial charge in [-0.25, -0.2) is 0 Å². The monoisotopic (exact) mass is 412 g/mol. The average Bonchev–Trinajstić information content (AvgIpc) is 2.90. The molecule has 0 aliphatic carbocycles. The molecular formula is C25H36N2O3. The standard InChI is InChI=1S/C25H36N2O3/c1-16(2)30-11-7-10-27-24(28)22(21-9-8-19(5)20(6)13-21)23(25(27)29)26-14-17(3)12-18(4)15-26/h8-9,13,16-18H,7,10-12,14-15H2,1-6H3. The maximum absolute atomic E-state index is 13.5. The lowest BCUT2D eigenvalue weighted by Crippen LogP contribution is -2.42. The lowest BCUT2D eigenvalue weighted by molar-refractivity contribution is -0.138. The number of nitrogens with zero attached hydrogens (tertiary/aromatic N) is 2. The van der Waals surface area contributed by atoms with Crippen molar-refractivity contribution in [1.29, 1.82) is 0 Å². The van der Waals surface area contributed by atoms with Crippen LogP contribution in [0, 0.1) is 25.7 Å². The maximum atomic E-state index is 13.5. The topological polar surface area (TPSA) is 49.9 Å². The molecular weight excluding hydrogens is 376 g/mol. The number of carbonyl (C=O) groups is 2. The normalized spacial score (nSPS) is 22.6. The summed E-state index contributed by atoms with van der Waals surface area (Å²) in [6.07, 6.45) is 1.95. The first-order valence-electron chi connectivity index (χ1n) is 11.2. The Morgan fingerprint density at radius 2 is 1.70 bits per heavy atom. The summed E-state index contributed by atoms with van der Waals surface area (Å²) in [6.45, 7) is 15.1. The van der Waals surface area contributed by atoms with Gasteiger partial charge in [0, 0.05) is 26.2 Å². The second-order valence-corrected chi connectivity index (χ2v) is 9.41. The van der Waals surface area contributed by atoms with Crippen LogP contribution in [0.5, 0.6) is 0 Å². The van der Waals surface area contributed by atoms with Crippen molar-refractivity contribution < 1.29 is 14.3 Å². The van der Waals surface area contributed by atoms with E-state index in [0.717, 1.165) is 30.6 Å². The van der Waals surface area contributed by atoms with E-state index in [0.29, 0.717) is 42.7 Å². The van der Waals surface area contributed by atoms with Crippen LogP contribution in [-0.4, -0.2) is 54.0 Å². The van der Waals surface area contributed by atoms with Crippen LogP contribution in [0.3, 0.4) is 0 Å². The Bertz CT molecular complexity index is 833. The quantitative estimate of drug-likeness (QED) is 0.498. The predicted molar refractivity (Wildman–Crippen MR) is 120 cm³/mol. The number of ether oxygens (including phenoxy) is 1. The molecule has 5 nitrogen and oxygen atoms in total. The fourth-order valence-corrected chi connectivity index (χ4v) is 4.60. The van der Waals surface area contributed by atoms with Gasteiger partial charge in [0.1, 0.15) is 5.70 Å². The molecule has 0 N–H and O–H groups in total. The Morgan fingerprint density at radius 1 is 1.03 bits per heavy atom. The van der Waals surface area contributed by atoms with E-state index in [4.69, 9.17) is 4.74 Å². The molecule has 2 atom stereocenters. The van der Waals surface area contributed by atoms with Crippen molar-refractivity contribution in [3.63, 3.8) is 0 Å². The molecule has 1 fully saturated rings. The summed E-state index contributed by atoms with van der Waals surface area (Å²) in [5.41, 5.74) is 4.31. The Hall–Kier alpha value is -2.14. The SMILES string of the molecule is Cc1ccc(C2=C(N3CC(C)CC(C)C3)C(=O)N(CCCOC(C)C)C2=O)cc1C. The first-order chi connectivity index (χ1) is 14.2. The molecule has 0 bridgehead atoms. The average molecular weight is 413 g/mol. The van der Waals surface area contributed by atoms with E-state index in [2.05, 4.69) is 25.7 Å². The van der Waals surface area contributed by atoms with Gasteiger partial charge in [-0.1, -0.05) is 32.0 Å². The second-order valence-electron chi connectivity index (χ2n) is 9.41. The van der Waals surface area contributed by atoms with Crippen molar-refractivity contribution in [2.75, 3.05) is 26.2 Å². The number of hydrogen-bond donors (Lipinski definition) is 0. The van der Waals surface area contributed by atoms with Gasteiger partial charge in [0.05, 0.1) is 11.7 Å². The van der Waals surface area contributed by atoms with Gasteiger partial charge in [0.15, 0.2) is 0 Å². The molecule has 1 saturated heterocycles. The van der Waals surface area contributed by atoms with E-state index in [9.17, 15) is 9.59 Å². The minimum absolute atomic E-state index is 0.145. The summed E-state index contributed by atoms with van der Waals surface area (Å²) in [7, 11) is 0. The number of rotatable bonds is 7. The molecule has 2 heterocycles. The molecule has 2 amide bonds. The Balaban J connectivity index is 1.94. The van der Waals surface area contributed by atoms with Crippen LogP contribution in [0.15, 0.2) is 23.9 Å². The molecule has 5 heteroatoms. The van der Waals surface area contributed by atoms with E-state index in [1.54, 1.807) is 0 Å². The number of benzene rings is 1. The molecule has 1 aromatic carbocycles. The zero-order valence-electron chi connectivity index (χ0n) is 19.3. The van der Waals surface area contributed by atoms with E-state index < -0.39 is 0 Å². The lowest BCUT2D eigenvalue weighted by atomic mass is 9.90. The number of carbonyl (C=O) groups excluding carboxylic acids is 2. The minimum Gasteiger partial charge on any atom is -0.379 e. The Labute approximate surface area is 181 Å². The number of amides is 2. The smallest absolute Gasteiger partial charge is 0.277 e. The highest BCUT2D eigenvalue weighted by molar-refractivity contribution is 6.35. The predicted octanol–water partition coefficient (Wildman–Crippen LogP) is 4.18. The van der Waals surface area contributed by atoms with E-state index in [-0.39, 0.29) is 17.9 Å². The summed E-state index contributed by atoms with van der Waals surface area (Å²) < 4.78 is 5.61. The summed E-state index contributed by atoms with van der Waals surface area (Å²) in [5.74, 6) is 0.671. The number of aryl methyl sites for hydroxylation is 2. The molecule has 2 aliphatic rings. The fraction of sp³-hybridized carbons (Fsp3) is 0.600. The summed E-state index contributed by atoms with van der Waals surface area (Å²) in [5, 5.41) is 0. The molecule has 0 saturated carbocycles. The number of hydrogen-bond acceptors (Lipinski definition) is 4. The molecule has 164 valence electrons. The maximum Gasteiger partial charge on any atom is 0.277 e. The van der Waals surface area contributed by atoms with Crippen LogP contribution >= 0.6 is 0 Å². The molecule has 0 spiro atoms. The third-order valence-corrected chi connectivity index (χ3v) is 6.10.